The van der Waals surface area contributed by atoms with Crippen LogP contribution in [0.15, 0.2) is 18.7 Å². The van der Waals surface area contributed by atoms with Crippen LogP contribution in [0, 0.1) is 0 Å². The fraction of sp³-hybridized carbons (Fsp3) is 0.700. The van der Waals surface area contributed by atoms with Gasteiger partial charge in [-0.25, -0.2) is 4.98 Å². The van der Waals surface area contributed by atoms with Crippen LogP contribution in [0.25, 0.3) is 0 Å². The zero-order valence-electron chi connectivity index (χ0n) is 8.84. The topological polar surface area (TPSA) is 38.1 Å². The predicted molar refractivity (Wildman–Crippen MR) is 61.2 cm³/mol. The quantitative estimate of drug-likeness (QED) is 0.744. The lowest BCUT2D eigenvalue weighted by molar-refractivity contribution is 0.289. The summed E-state index contributed by atoms with van der Waals surface area (Å²) in [5.41, 5.74) is 0. The molecule has 1 aromatic heterocycles. The zero-order chi connectivity index (χ0) is 10.5. The largest absolute Gasteiger partial charge is 0.337 e. The second-order valence-corrected chi connectivity index (χ2v) is 5.54. The van der Waals surface area contributed by atoms with Crippen molar-refractivity contribution in [1.29, 1.82) is 0 Å². The van der Waals surface area contributed by atoms with E-state index in [1.807, 2.05) is 18.7 Å². The van der Waals surface area contributed by atoms with Gasteiger partial charge in [-0.05, 0) is 13.0 Å². The van der Waals surface area contributed by atoms with Crippen LogP contribution in [0.1, 0.15) is 6.42 Å². The van der Waals surface area contributed by atoms with Crippen molar-refractivity contribution in [3.05, 3.63) is 18.7 Å². The highest BCUT2D eigenvalue weighted by molar-refractivity contribution is 7.85. The van der Waals surface area contributed by atoms with Gasteiger partial charge in [-0.1, -0.05) is 0 Å². The molecule has 0 bridgehead atoms. The van der Waals surface area contributed by atoms with Crippen molar-refractivity contribution in [2.45, 2.75) is 13.0 Å². The van der Waals surface area contributed by atoms with Gasteiger partial charge in [-0.15, -0.1) is 0 Å². The van der Waals surface area contributed by atoms with Crippen LogP contribution in [0.2, 0.25) is 0 Å². The molecule has 0 amide bonds. The third-order valence-electron chi connectivity index (χ3n) is 2.72. The average molecular weight is 227 g/mol. The summed E-state index contributed by atoms with van der Waals surface area (Å²) in [6.07, 6.45) is 6.80. The maximum Gasteiger partial charge on any atom is 0.0945 e. The molecule has 4 nitrogen and oxygen atoms in total. The summed E-state index contributed by atoms with van der Waals surface area (Å²) in [7, 11) is -0.553. The number of rotatable bonds is 4. The molecule has 15 heavy (non-hydrogen) atoms. The number of imidazole rings is 1. The Morgan fingerprint density at radius 2 is 2.07 bits per heavy atom. The highest BCUT2D eigenvalue weighted by Crippen LogP contribution is 2.01. The summed E-state index contributed by atoms with van der Waals surface area (Å²) in [5, 5.41) is 0. The SMILES string of the molecule is O=S1CCN(CCCn2ccnc2)CC1. The predicted octanol–water partition coefficient (Wildman–Crippen LogP) is 0.337. The van der Waals surface area contributed by atoms with Crippen molar-refractivity contribution in [3.63, 3.8) is 0 Å². The Bertz CT molecular complexity index is 302. The molecule has 1 fully saturated rings. The van der Waals surface area contributed by atoms with E-state index in [0.717, 1.165) is 44.1 Å². The van der Waals surface area contributed by atoms with E-state index in [1.165, 1.54) is 0 Å². The smallest absolute Gasteiger partial charge is 0.0945 e. The third-order valence-corrected chi connectivity index (χ3v) is 4.00. The van der Waals surface area contributed by atoms with E-state index < -0.39 is 10.8 Å². The monoisotopic (exact) mass is 227 g/mol. The van der Waals surface area contributed by atoms with Gasteiger partial charge in [0.2, 0.25) is 0 Å². The minimum Gasteiger partial charge on any atom is -0.337 e. The lowest BCUT2D eigenvalue weighted by atomic mass is 10.3. The molecule has 0 atom stereocenters. The maximum atomic E-state index is 11.1. The molecule has 1 aliphatic heterocycles. The van der Waals surface area contributed by atoms with Gasteiger partial charge in [0.15, 0.2) is 0 Å². The Morgan fingerprint density at radius 1 is 1.27 bits per heavy atom. The lowest BCUT2D eigenvalue weighted by Gasteiger charge is -2.25. The highest BCUT2D eigenvalue weighted by atomic mass is 32.2. The van der Waals surface area contributed by atoms with E-state index >= 15 is 0 Å². The Kier molecular flexibility index (Phi) is 3.91. The van der Waals surface area contributed by atoms with Gasteiger partial charge in [0.25, 0.3) is 0 Å². The Hall–Kier alpha value is -0.680. The third kappa shape index (κ3) is 3.43. The number of aryl methyl sites for hydroxylation is 1. The van der Waals surface area contributed by atoms with E-state index in [1.54, 1.807) is 0 Å². The molecule has 2 rings (SSSR count). The standard InChI is InChI=1S/C10H17N3OS/c14-15-8-6-12(7-9-15)3-1-4-13-5-2-11-10-13/h2,5,10H,1,3-4,6-9H2. The van der Waals surface area contributed by atoms with Crippen LogP contribution in [-0.4, -0.2) is 49.8 Å². The summed E-state index contributed by atoms with van der Waals surface area (Å²) in [5.74, 6) is 1.70. The van der Waals surface area contributed by atoms with Gasteiger partial charge in [-0.3, -0.25) is 4.21 Å². The first-order valence-corrected chi connectivity index (χ1v) is 6.86. The summed E-state index contributed by atoms with van der Waals surface area (Å²) in [4.78, 5) is 6.41. The first kappa shape index (κ1) is 10.8. The van der Waals surface area contributed by atoms with Crippen molar-refractivity contribution in [3.8, 4) is 0 Å². The summed E-state index contributed by atoms with van der Waals surface area (Å²) in [6.45, 7) is 4.13. The van der Waals surface area contributed by atoms with E-state index in [-0.39, 0.29) is 0 Å². The minimum atomic E-state index is -0.553. The molecule has 5 heteroatoms. The molecule has 0 saturated carbocycles. The van der Waals surface area contributed by atoms with Crippen LogP contribution in [0.3, 0.4) is 0 Å². The molecule has 84 valence electrons. The fourth-order valence-electron chi connectivity index (χ4n) is 1.80. The van der Waals surface area contributed by atoms with Crippen molar-refractivity contribution >= 4 is 10.8 Å². The fourth-order valence-corrected chi connectivity index (χ4v) is 2.92. The van der Waals surface area contributed by atoms with E-state index in [2.05, 4.69) is 14.5 Å². The Labute approximate surface area is 92.8 Å². The normalized spacial score (nSPS) is 19.5. The van der Waals surface area contributed by atoms with Crippen molar-refractivity contribution in [1.82, 2.24) is 14.5 Å². The maximum absolute atomic E-state index is 11.1. The minimum absolute atomic E-state index is 0.553. The van der Waals surface area contributed by atoms with E-state index in [0.29, 0.717) is 0 Å². The molecule has 0 radical (unpaired) electrons. The molecule has 0 unspecified atom stereocenters. The molecule has 0 N–H and O–H groups in total. The summed E-state index contributed by atoms with van der Waals surface area (Å²) in [6, 6.07) is 0. The zero-order valence-corrected chi connectivity index (χ0v) is 9.66. The highest BCUT2D eigenvalue weighted by Gasteiger charge is 2.13. The van der Waals surface area contributed by atoms with E-state index in [4.69, 9.17) is 0 Å². The summed E-state index contributed by atoms with van der Waals surface area (Å²) < 4.78 is 13.2. The van der Waals surface area contributed by atoms with Crippen LogP contribution >= 0.6 is 0 Å². The van der Waals surface area contributed by atoms with Gasteiger partial charge in [0, 0.05) is 54.3 Å². The second kappa shape index (κ2) is 5.42. The second-order valence-electron chi connectivity index (χ2n) is 3.84. The molecule has 1 aromatic rings. The van der Waals surface area contributed by atoms with Crippen LogP contribution in [0.4, 0.5) is 0 Å². The molecule has 0 spiro atoms. The molecule has 1 saturated heterocycles. The number of aromatic nitrogens is 2. The molecule has 2 heterocycles. The van der Waals surface area contributed by atoms with E-state index in [9.17, 15) is 4.21 Å². The van der Waals surface area contributed by atoms with Crippen molar-refractivity contribution < 1.29 is 4.21 Å². The summed E-state index contributed by atoms with van der Waals surface area (Å²) >= 11 is 0. The number of nitrogens with zero attached hydrogens (tertiary/aromatic N) is 3. The first-order valence-electron chi connectivity index (χ1n) is 5.38. The van der Waals surface area contributed by atoms with Crippen LogP contribution in [0.5, 0.6) is 0 Å². The van der Waals surface area contributed by atoms with Crippen molar-refractivity contribution in [2.75, 3.05) is 31.1 Å². The molecule has 0 aromatic carbocycles. The van der Waals surface area contributed by atoms with Crippen LogP contribution in [-0.2, 0) is 17.3 Å². The molecular formula is C10H17N3OS. The molecule has 0 aliphatic carbocycles. The van der Waals surface area contributed by atoms with Crippen molar-refractivity contribution in [2.24, 2.45) is 0 Å². The van der Waals surface area contributed by atoms with Gasteiger partial charge >= 0.3 is 0 Å². The lowest BCUT2D eigenvalue weighted by Crippen LogP contribution is -2.38. The van der Waals surface area contributed by atoms with Gasteiger partial charge < -0.3 is 9.47 Å². The Balaban J connectivity index is 1.64. The first-order chi connectivity index (χ1) is 7.34. The number of hydrogen-bond acceptors (Lipinski definition) is 3. The molecular weight excluding hydrogens is 210 g/mol. The molecule has 1 aliphatic rings. The number of hydrogen-bond donors (Lipinski definition) is 0. The average Bonchev–Trinajstić information content (AvgIpc) is 2.74. The van der Waals surface area contributed by atoms with Crippen LogP contribution < -0.4 is 0 Å². The van der Waals surface area contributed by atoms with Gasteiger partial charge in [0.05, 0.1) is 6.33 Å². The van der Waals surface area contributed by atoms with Gasteiger partial charge in [-0.2, -0.15) is 0 Å². The van der Waals surface area contributed by atoms with Gasteiger partial charge in [0.1, 0.15) is 0 Å². The Morgan fingerprint density at radius 3 is 2.73 bits per heavy atom.